The fourth-order valence-corrected chi connectivity index (χ4v) is 3.29. The SMILES string of the molecule is COc1ccccc1OCC(=O)Nc1nc(-c2ccc3c(c2)OCO3)cs1. The van der Waals surface area contributed by atoms with Gasteiger partial charge in [0.1, 0.15) is 0 Å². The van der Waals surface area contributed by atoms with Crippen molar-refractivity contribution in [2.24, 2.45) is 0 Å². The molecule has 1 aliphatic heterocycles. The Morgan fingerprint density at radius 2 is 2.00 bits per heavy atom. The van der Waals surface area contributed by atoms with Crippen molar-refractivity contribution in [1.82, 2.24) is 4.98 Å². The van der Waals surface area contributed by atoms with Gasteiger partial charge in [-0.2, -0.15) is 0 Å². The van der Waals surface area contributed by atoms with Crippen molar-refractivity contribution in [3.8, 4) is 34.3 Å². The molecule has 2 heterocycles. The molecule has 0 saturated heterocycles. The molecule has 0 radical (unpaired) electrons. The van der Waals surface area contributed by atoms with Crippen molar-refractivity contribution >= 4 is 22.4 Å². The monoisotopic (exact) mass is 384 g/mol. The van der Waals surface area contributed by atoms with Gasteiger partial charge in [-0.15, -0.1) is 11.3 Å². The number of nitrogens with zero attached hydrogens (tertiary/aromatic N) is 1. The Balaban J connectivity index is 1.38. The predicted octanol–water partition coefficient (Wildman–Crippen LogP) is 3.56. The highest BCUT2D eigenvalue weighted by molar-refractivity contribution is 7.14. The van der Waals surface area contributed by atoms with E-state index in [0.717, 1.165) is 17.0 Å². The summed E-state index contributed by atoms with van der Waals surface area (Å²) < 4.78 is 21.4. The summed E-state index contributed by atoms with van der Waals surface area (Å²) in [5.74, 6) is 2.19. The smallest absolute Gasteiger partial charge is 0.264 e. The lowest BCUT2D eigenvalue weighted by Gasteiger charge is -2.09. The Bertz CT molecular complexity index is 972. The third kappa shape index (κ3) is 3.80. The van der Waals surface area contributed by atoms with Gasteiger partial charge in [-0.05, 0) is 30.3 Å². The third-order valence-corrected chi connectivity index (χ3v) is 4.60. The van der Waals surface area contributed by atoms with Gasteiger partial charge in [0.05, 0.1) is 12.8 Å². The van der Waals surface area contributed by atoms with Gasteiger partial charge in [0.2, 0.25) is 6.79 Å². The predicted molar refractivity (Wildman–Crippen MR) is 101 cm³/mol. The topological polar surface area (TPSA) is 78.9 Å². The first-order valence-electron chi connectivity index (χ1n) is 8.14. The van der Waals surface area contributed by atoms with E-state index in [1.165, 1.54) is 11.3 Å². The van der Waals surface area contributed by atoms with E-state index in [2.05, 4.69) is 10.3 Å². The number of thiazole rings is 1. The molecule has 0 fully saturated rings. The molecule has 0 saturated carbocycles. The molecule has 0 spiro atoms. The van der Waals surface area contributed by atoms with Crippen LogP contribution >= 0.6 is 11.3 Å². The van der Waals surface area contributed by atoms with E-state index in [-0.39, 0.29) is 19.3 Å². The minimum atomic E-state index is -0.299. The number of amides is 1. The maximum absolute atomic E-state index is 12.1. The highest BCUT2D eigenvalue weighted by Gasteiger charge is 2.16. The summed E-state index contributed by atoms with van der Waals surface area (Å²) in [6, 6.07) is 12.8. The normalized spacial score (nSPS) is 11.9. The minimum absolute atomic E-state index is 0.140. The van der Waals surface area contributed by atoms with E-state index in [1.807, 2.05) is 35.7 Å². The number of carbonyl (C=O) groups is 1. The largest absolute Gasteiger partial charge is 0.493 e. The lowest BCUT2D eigenvalue weighted by molar-refractivity contribution is -0.118. The van der Waals surface area contributed by atoms with Crippen LogP contribution < -0.4 is 24.3 Å². The first kappa shape index (κ1) is 17.2. The van der Waals surface area contributed by atoms with Gasteiger partial charge in [0, 0.05) is 10.9 Å². The summed E-state index contributed by atoms with van der Waals surface area (Å²) in [7, 11) is 1.55. The molecular weight excluding hydrogens is 368 g/mol. The van der Waals surface area contributed by atoms with Crippen LogP contribution in [0.5, 0.6) is 23.0 Å². The highest BCUT2D eigenvalue weighted by Crippen LogP contribution is 2.36. The van der Waals surface area contributed by atoms with Gasteiger partial charge in [0.25, 0.3) is 5.91 Å². The van der Waals surface area contributed by atoms with Gasteiger partial charge in [0.15, 0.2) is 34.7 Å². The number of fused-ring (bicyclic) bond motifs is 1. The zero-order chi connectivity index (χ0) is 18.6. The number of rotatable bonds is 6. The summed E-state index contributed by atoms with van der Waals surface area (Å²) >= 11 is 1.34. The molecule has 1 aliphatic rings. The average Bonchev–Trinajstić information content (AvgIpc) is 3.35. The Kier molecular flexibility index (Phi) is 4.80. The van der Waals surface area contributed by atoms with Crippen LogP contribution in [0.15, 0.2) is 47.8 Å². The second-order valence-corrected chi connectivity index (χ2v) is 6.45. The Hall–Kier alpha value is -3.26. The van der Waals surface area contributed by atoms with Crippen molar-refractivity contribution in [1.29, 1.82) is 0 Å². The number of hydrogen-bond acceptors (Lipinski definition) is 7. The second-order valence-electron chi connectivity index (χ2n) is 5.59. The fraction of sp³-hybridized carbons (Fsp3) is 0.158. The highest BCUT2D eigenvalue weighted by atomic mass is 32.1. The molecule has 0 unspecified atom stereocenters. The minimum Gasteiger partial charge on any atom is -0.493 e. The average molecular weight is 384 g/mol. The summed E-state index contributed by atoms with van der Waals surface area (Å²) in [5, 5.41) is 5.10. The van der Waals surface area contributed by atoms with Gasteiger partial charge >= 0.3 is 0 Å². The first-order valence-corrected chi connectivity index (χ1v) is 9.02. The Morgan fingerprint density at radius 1 is 1.19 bits per heavy atom. The number of hydrogen-bond donors (Lipinski definition) is 1. The summed E-state index contributed by atoms with van der Waals surface area (Å²) in [6.07, 6.45) is 0. The van der Waals surface area contributed by atoms with Crippen LogP contribution in [-0.2, 0) is 4.79 Å². The molecule has 1 N–H and O–H groups in total. The van der Waals surface area contributed by atoms with Crippen molar-refractivity contribution < 1.29 is 23.7 Å². The molecule has 0 atom stereocenters. The standard InChI is InChI=1S/C19H16N2O5S/c1-23-14-4-2-3-5-15(14)24-9-18(22)21-19-20-13(10-27-19)12-6-7-16-17(8-12)26-11-25-16/h2-8,10H,9,11H2,1H3,(H,20,21,22). The summed E-state index contributed by atoms with van der Waals surface area (Å²) in [6.45, 7) is 0.0860. The van der Waals surface area contributed by atoms with Crippen LogP contribution in [0.25, 0.3) is 11.3 Å². The van der Waals surface area contributed by atoms with E-state index in [0.29, 0.717) is 22.4 Å². The van der Waals surface area contributed by atoms with Crippen LogP contribution in [-0.4, -0.2) is 31.4 Å². The Morgan fingerprint density at radius 3 is 2.85 bits per heavy atom. The second kappa shape index (κ2) is 7.55. The van der Waals surface area contributed by atoms with E-state index in [1.54, 1.807) is 19.2 Å². The van der Waals surface area contributed by atoms with Crippen LogP contribution in [0.3, 0.4) is 0 Å². The molecule has 27 heavy (non-hydrogen) atoms. The molecule has 4 rings (SSSR count). The number of anilines is 1. The van der Waals surface area contributed by atoms with Gasteiger partial charge in [-0.25, -0.2) is 4.98 Å². The lowest BCUT2D eigenvalue weighted by atomic mass is 10.1. The number of carbonyl (C=O) groups excluding carboxylic acids is 1. The number of aromatic nitrogens is 1. The third-order valence-electron chi connectivity index (χ3n) is 3.85. The summed E-state index contributed by atoms with van der Waals surface area (Å²) in [4.78, 5) is 16.6. The van der Waals surface area contributed by atoms with Crippen molar-refractivity contribution in [2.75, 3.05) is 25.8 Å². The van der Waals surface area contributed by atoms with Crippen LogP contribution in [0, 0.1) is 0 Å². The number of ether oxygens (including phenoxy) is 4. The zero-order valence-electron chi connectivity index (χ0n) is 14.4. The quantitative estimate of drug-likeness (QED) is 0.700. The van der Waals surface area contributed by atoms with Crippen molar-refractivity contribution in [3.63, 3.8) is 0 Å². The molecule has 3 aromatic rings. The van der Waals surface area contributed by atoms with Gasteiger partial charge in [-0.3, -0.25) is 10.1 Å². The van der Waals surface area contributed by atoms with Crippen molar-refractivity contribution in [3.05, 3.63) is 47.8 Å². The molecule has 1 aromatic heterocycles. The van der Waals surface area contributed by atoms with E-state index >= 15 is 0 Å². The molecule has 1 amide bonds. The molecular formula is C19H16N2O5S. The van der Waals surface area contributed by atoms with E-state index < -0.39 is 0 Å². The fourth-order valence-electron chi connectivity index (χ4n) is 2.56. The molecule has 2 aromatic carbocycles. The van der Waals surface area contributed by atoms with Crippen LogP contribution in [0.2, 0.25) is 0 Å². The molecule has 0 aliphatic carbocycles. The first-order chi connectivity index (χ1) is 13.2. The number of benzene rings is 2. The summed E-state index contributed by atoms with van der Waals surface area (Å²) in [5.41, 5.74) is 1.64. The zero-order valence-corrected chi connectivity index (χ0v) is 15.2. The van der Waals surface area contributed by atoms with E-state index in [4.69, 9.17) is 18.9 Å². The van der Waals surface area contributed by atoms with Crippen LogP contribution in [0.1, 0.15) is 0 Å². The molecule has 7 nitrogen and oxygen atoms in total. The van der Waals surface area contributed by atoms with Crippen LogP contribution in [0.4, 0.5) is 5.13 Å². The maximum atomic E-state index is 12.1. The van der Waals surface area contributed by atoms with Gasteiger partial charge in [-0.1, -0.05) is 12.1 Å². The van der Waals surface area contributed by atoms with E-state index in [9.17, 15) is 4.79 Å². The maximum Gasteiger partial charge on any atom is 0.264 e. The number of methoxy groups -OCH3 is 1. The van der Waals surface area contributed by atoms with Gasteiger partial charge < -0.3 is 18.9 Å². The lowest BCUT2D eigenvalue weighted by Crippen LogP contribution is -2.20. The molecule has 138 valence electrons. The Labute approximate surface area is 159 Å². The number of nitrogens with one attached hydrogen (secondary N) is 1. The molecule has 0 bridgehead atoms. The van der Waals surface area contributed by atoms with Crippen molar-refractivity contribution in [2.45, 2.75) is 0 Å². The number of para-hydroxylation sites is 2. The molecule has 8 heteroatoms.